The van der Waals surface area contributed by atoms with E-state index in [1.807, 2.05) is 48.5 Å². The van der Waals surface area contributed by atoms with E-state index in [0.29, 0.717) is 16.6 Å². The van der Waals surface area contributed by atoms with E-state index in [9.17, 15) is 9.18 Å². The topological polar surface area (TPSA) is 63.6 Å². The Bertz CT molecular complexity index is 1390. The van der Waals surface area contributed by atoms with Gasteiger partial charge < -0.3 is 4.57 Å². The van der Waals surface area contributed by atoms with Crippen molar-refractivity contribution >= 4 is 21.9 Å². The quantitative estimate of drug-likeness (QED) is 0.519. The predicted octanol–water partition coefficient (Wildman–Crippen LogP) is 4.13. The van der Waals surface area contributed by atoms with E-state index in [1.165, 1.54) is 16.8 Å². The van der Waals surface area contributed by atoms with Crippen LogP contribution in [0, 0.1) is 5.82 Å². The van der Waals surface area contributed by atoms with Crippen LogP contribution in [-0.4, -0.2) is 19.7 Å². The normalized spacial score (nSPS) is 11.3. The van der Waals surface area contributed by atoms with Gasteiger partial charge in [-0.15, -0.1) is 0 Å². The Morgan fingerprint density at radius 1 is 0.964 bits per heavy atom. The van der Waals surface area contributed by atoms with Gasteiger partial charge in [-0.3, -0.25) is 9.89 Å². The summed E-state index contributed by atoms with van der Waals surface area (Å²) in [5.41, 5.74) is 4.14. The molecule has 2 aromatic heterocycles. The van der Waals surface area contributed by atoms with Crippen LogP contribution < -0.4 is 5.56 Å². The van der Waals surface area contributed by atoms with E-state index in [1.54, 1.807) is 12.3 Å². The molecule has 0 radical (unpaired) electrons. The molecular formula is C22H15FN4O. The van der Waals surface area contributed by atoms with Crippen molar-refractivity contribution in [2.24, 2.45) is 0 Å². The van der Waals surface area contributed by atoms with Crippen LogP contribution in [0.3, 0.4) is 0 Å². The monoisotopic (exact) mass is 370 g/mol. The fourth-order valence-electron chi connectivity index (χ4n) is 3.42. The highest BCUT2D eigenvalue weighted by Crippen LogP contribution is 2.25. The lowest BCUT2D eigenvalue weighted by molar-refractivity contribution is 0.599. The van der Waals surface area contributed by atoms with E-state index in [-0.39, 0.29) is 17.9 Å². The van der Waals surface area contributed by atoms with E-state index >= 15 is 0 Å². The minimum absolute atomic E-state index is 0.146. The largest absolute Gasteiger partial charge is 0.301 e. The van der Waals surface area contributed by atoms with Gasteiger partial charge in [-0.1, -0.05) is 36.4 Å². The zero-order valence-corrected chi connectivity index (χ0v) is 14.8. The predicted molar refractivity (Wildman–Crippen MR) is 107 cm³/mol. The number of aromatic amines is 1. The van der Waals surface area contributed by atoms with Gasteiger partial charge in [-0.2, -0.15) is 5.10 Å². The van der Waals surface area contributed by atoms with E-state index in [2.05, 4.69) is 15.2 Å². The van der Waals surface area contributed by atoms with Crippen LogP contribution >= 0.6 is 0 Å². The van der Waals surface area contributed by atoms with Crippen LogP contribution in [0.5, 0.6) is 0 Å². The van der Waals surface area contributed by atoms with E-state index < -0.39 is 0 Å². The van der Waals surface area contributed by atoms with Crippen LogP contribution in [-0.2, 0) is 6.54 Å². The number of nitrogens with zero attached hydrogens (tertiary/aromatic N) is 3. The molecule has 0 aliphatic rings. The molecule has 0 aliphatic heterocycles. The maximum absolute atomic E-state index is 14.9. The summed E-state index contributed by atoms with van der Waals surface area (Å²) in [6.07, 6.45) is 3.02. The second-order valence-corrected chi connectivity index (χ2v) is 6.65. The summed E-state index contributed by atoms with van der Waals surface area (Å²) in [5.74, 6) is -0.352. The van der Waals surface area contributed by atoms with Crippen LogP contribution in [0.25, 0.3) is 33.1 Å². The van der Waals surface area contributed by atoms with Gasteiger partial charge in [0.1, 0.15) is 5.82 Å². The molecule has 5 rings (SSSR count). The number of benzene rings is 3. The van der Waals surface area contributed by atoms with E-state index in [0.717, 1.165) is 22.0 Å². The Morgan fingerprint density at radius 3 is 2.68 bits per heavy atom. The number of aromatic nitrogens is 4. The van der Waals surface area contributed by atoms with Gasteiger partial charge >= 0.3 is 0 Å². The Hall–Kier alpha value is -3.80. The van der Waals surface area contributed by atoms with Gasteiger partial charge in [-0.05, 0) is 35.4 Å². The van der Waals surface area contributed by atoms with Crippen molar-refractivity contribution in [2.45, 2.75) is 6.54 Å². The number of nitrogens with one attached hydrogen (secondary N) is 1. The number of halogens is 1. The first-order valence-electron chi connectivity index (χ1n) is 8.85. The SMILES string of the molecule is O=c1cnc2ccccc2n1Cc1ccc(-c2ccc3cn[nH]c3c2)cc1F. The van der Waals surface area contributed by atoms with Crippen molar-refractivity contribution in [1.82, 2.24) is 19.7 Å². The summed E-state index contributed by atoms with van der Waals surface area (Å²) in [6.45, 7) is 0.146. The highest BCUT2D eigenvalue weighted by Gasteiger charge is 2.10. The summed E-state index contributed by atoms with van der Waals surface area (Å²) in [5, 5.41) is 7.94. The van der Waals surface area contributed by atoms with Gasteiger partial charge in [0.2, 0.25) is 0 Å². The molecule has 0 amide bonds. The van der Waals surface area contributed by atoms with Crippen LogP contribution in [0.4, 0.5) is 4.39 Å². The number of fused-ring (bicyclic) bond motifs is 2. The van der Waals surface area contributed by atoms with Gasteiger partial charge in [-0.25, -0.2) is 9.37 Å². The Balaban J connectivity index is 1.54. The third-order valence-corrected chi connectivity index (χ3v) is 4.91. The molecule has 0 saturated heterocycles. The zero-order chi connectivity index (χ0) is 19.1. The van der Waals surface area contributed by atoms with Crippen molar-refractivity contribution in [3.8, 4) is 11.1 Å². The lowest BCUT2D eigenvalue weighted by Crippen LogP contribution is -2.21. The number of hydrogen-bond acceptors (Lipinski definition) is 3. The van der Waals surface area contributed by atoms with Crippen LogP contribution in [0.15, 0.2) is 77.9 Å². The minimum atomic E-state index is -0.352. The first kappa shape index (κ1) is 16.4. The average molecular weight is 370 g/mol. The molecule has 28 heavy (non-hydrogen) atoms. The van der Waals surface area contributed by atoms with Crippen molar-refractivity contribution in [1.29, 1.82) is 0 Å². The summed E-state index contributed by atoms with van der Waals surface area (Å²) < 4.78 is 16.4. The van der Waals surface area contributed by atoms with Crippen molar-refractivity contribution in [2.75, 3.05) is 0 Å². The molecule has 0 saturated carbocycles. The molecule has 3 aromatic carbocycles. The number of hydrogen-bond donors (Lipinski definition) is 1. The Labute approximate surface area is 159 Å². The molecule has 0 fully saturated rings. The minimum Gasteiger partial charge on any atom is -0.301 e. The fraction of sp³-hybridized carbons (Fsp3) is 0.0455. The highest BCUT2D eigenvalue weighted by molar-refractivity contribution is 5.83. The number of H-pyrrole nitrogens is 1. The fourth-order valence-corrected chi connectivity index (χ4v) is 3.42. The molecule has 5 aromatic rings. The smallest absolute Gasteiger partial charge is 0.269 e. The molecular weight excluding hydrogens is 355 g/mol. The first-order chi connectivity index (χ1) is 13.7. The number of rotatable bonds is 3. The van der Waals surface area contributed by atoms with Crippen molar-refractivity contribution < 1.29 is 4.39 Å². The summed E-state index contributed by atoms with van der Waals surface area (Å²) in [6, 6.07) is 18.3. The second kappa shape index (κ2) is 6.42. The maximum atomic E-state index is 14.9. The summed E-state index contributed by atoms with van der Waals surface area (Å²) in [4.78, 5) is 16.4. The second-order valence-electron chi connectivity index (χ2n) is 6.65. The van der Waals surface area contributed by atoms with Gasteiger partial charge in [0.25, 0.3) is 5.56 Å². The summed E-state index contributed by atoms with van der Waals surface area (Å²) in [7, 11) is 0. The molecule has 136 valence electrons. The molecule has 0 atom stereocenters. The van der Waals surface area contributed by atoms with Crippen molar-refractivity contribution in [3.05, 3.63) is 94.8 Å². The molecule has 6 heteroatoms. The lowest BCUT2D eigenvalue weighted by atomic mass is 10.0. The van der Waals surface area contributed by atoms with Crippen LogP contribution in [0.1, 0.15) is 5.56 Å². The standard InChI is InChI=1S/C22H15FN4O/c23-18-9-14(15-5-7-16-11-25-26-20(16)10-15)6-8-17(18)13-27-21-4-2-1-3-19(21)24-12-22(27)28/h1-12H,13H2,(H,25,26). The average Bonchev–Trinajstić information content (AvgIpc) is 3.19. The molecule has 0 bridgehead atoms. The molecule has 0 spiro atoms. The number of para-hydroxylation sites is 2. The Morgan fingerprint density at radius 2 is 1.79 bits per heavy atom. The molecule has 5 nitrogen and oxygen atoms in total. The molecule has 1 N–H and O–H groups in total. The third kappa shape index (κ3) is 2.75. The lowest BCUT2D eigenvalue weighted by Gasteiger charge is -2.11. The summed E-state index contributed by atoms with van der Waals surface area (Å²) >= 11 is 0. The molecule has 0 unspecified atom stereocenters. The van der Waals surface area contributed by atoms with Crippen LogP contribution in [0.2, 0.25) is 0 Å². The van der Waals surface area contributed by atoms with Gasteiger partial charge in [0.05, 0.1) is 35.5 Å². The van der Waals surface area contributed by atoms with E-state index in [4.69, 9.17) is 0 Å². The highest BCUT2D eigenvalue weighted by atomic mass is 19.1. The molecule has 2 heterocycles. The first-order valence-corrected chi connectivity index (χ1v) is 8.85. The third-order valence-electron chi connectivity index (χ3n) is 4.91. The van der Waals surface area contributed by atoms with Gasteiger partial charge in [0.15, 0.2) is 0 Å². The maximum Gasteiger partial charge on any atom is 0.269 e. The molecule has 0 aliphatic carbocycles. The van der Waals surface area contributed by atoms with Crippen molar-refractivity contribution in [3.63, 3.8) is 0 Å². The zero-order valence-electron chi connectivity index (χ0n) is 14.8. The van der Waals surface area contributed by atoms with Gasteiger partial charge in [0, 0.05) is 10.9 Å². The Kier molecular flexibility index (Phi) is 3.76.